The molecule has 2 heterocycles. The van der Waals surface area contributed by atoms with Crippen LogP contribution in [0.4, 0.5) is 5.95 Å². The van der Waals surface area contributed by atoms with E-state index >= 15 is 0 Å². The van der Waals surface area contributed by atoms with Crippen LogP contribution in [-0.4, -0.2) is 39.8 Å². The topological polar surface area (TPSA) is 106 Å². The van der Waals surface area contributed by atoms with E-state index < -0.39 is 0 Å². The lowest BCUT2D eigenvalue weighted by atomic mass is 10.1. The lowest BCUT2D eigenvalue weighted by Crippen LogP contribution is -2.41. The second-order valence-corrected chi connectivity index (χ2v) is 3.86. The van der Waals surface area contributed by atoms with Gasteiger partial charge in [-0.3, -0.25) is 9.89 Å². The first-order chi connectivity index (χ1) is 7.66. The number of H-pyrrole nitrogens is 1. The molecule has 2 unspecified atom stereocenters. The number of anilines is 1. The highest BCUT2D eigenvalue weighted by Gasteiger charge is 2.24. The van der Waals surface area contributed by atoms with Crippen LogP contribution in [-0.2, 0) is 4.74 Å². The molecule has 0 aromatic carbocycles. The maximum absolute atomic E-state index is 11.7. The van der Waals surface area contributed by atoms with Crippen molar-refractivity contribution in [2.75, 3.05) is 12.3 Å². The number of amides is 1. The number of rotatable bonds is 3. The molecule has 1 saturated heterocycles. The zero-order valence-corrected chi connectivity index (χ0v) is 9.06. The molecule has 4 N–H and O–H groups in total. The highest BCUT2D eigenvalue weighted by molar-refractivity contribution is 5.90. The summed E-state index contributed by atoms with van der Waals surface area (Å²) in [6.07, 6.45) is 2.10. The average molecular weight is 225 g/mol. The second kappa shape index (κ2) is 4.48. The van der Waals surface area contributed by atoms with E-state index in [2.05, 4.69) is 20.5 Å². The Morgan fingerprint density at radius 1 is 1.75 bits per heavy atom. The van der Waals surface area contributed by atoms with Crippen molar-refractivity contribution >= 4 is 11.9 Å². The van der Waals surface area contributed by atoms with Crippen molar-refractivity contribution in [3.8, 4) is 0 Å². The lowest BCUT2D eigenvalue weighted by molar-refractivity contribution is 0.0706. The van der Waals surface area contributed by atoms with Gasteiger partial charge in [0.25, 0.3) is 5.91 Å². The highest BCUT2D eigenvalue weighted by Crippen LogP contribution is 2.15. The molecule has 1 aliphatic rings. The van der Waals surface area contributed by atoms with Gasteiger partial charge in [-0.15, -0.1) is 5.10 Å². The molecule has 0 saturated carbocycles. The summed E-state index contributed by atoms with van der Waals surface area (Å²) in [5.41, 5.74) is 5.31. The Kier molecular flexibility index (Phi) is 3.04. The molecule has 88 valence electrons. The Labute approximate surface area is 92.8 Å². The van der Waals surface area contributed by atoms with Crippen LogP contribution in [0.2, 0.25) is 0 Å². The van der Waals surface area contributed by atoms with Crippen LogP contribution in [0, 0.1) is 0 Å². The van der Waals surface area contributed by atoms with Crippen LogP contribution in [0.1, 0.15) is 30.4 Å². The molecule has 7 nitrogen and oxygen atoms in total. The summed E-state index contributed by atoms with van der Waals surface area (Å²) in [4.78, 5) is 15.4. The molecule has 1 aromatic rings. The molecule has 7 heteroatoms. The summed E-state index contributed by atoms with van der Waals surface area (Å²) in [6, 6.07) is -0.0404. The minimum atomic E-state index is -0.313. The fraction of sp³-hybridized carbons (Fsp3) is 0.667. The van der Waals surface area contributed by atoms with Crippen molar-refractivity contribution < 1.29 is 9.53 Å². The third-order valence-electron chi connectivity index (χ3n) is 2.60. The largest absolute Gasteiger partial charge is 0.376 e. The van der Waals surface area contributed by atoms with Crippen LogP contribution in [0.25, 0.3) is 0 Å². The van der Waals surface area contributed by atoms with E-state index in [1.807, 2.05) is 6.92 Å². The molecular formula is C9H15N5O2. The van der Waals surface area contributed by atoms with Gasteiger partial charge in [0, 0.05) is 6.61 Å². The molecule has 2 rings (SSSR count). The summed E-state index contributed by atoms with van der Waals surface area (Å²) >= 11 is 0. The van der Waals surface area contributed by atoms with E-state index in [9.17, 15) is 4.79 Å². The van der Waals surface area contributed by atoms with Crippen LogP contribution in [0.15, 0.2) is 0 Å². The van der Waals surface area contributed by atoms with Gasteiger partial charge in [0.05, 0.1) is 12.1 Å². The number of ether oxygens (including phenoxy) is 1. The Morgan fingerprint density at radius 3 is 3.12 bits per heavy atom. The van der Waals surface area contributed by atoms with Gasteiger partial charge in [0.15, 0.2) is 0 Å². The number of carbonyl (C=O) groups excluding carboxylic acids is 1. The number of nitrogens with one attached hydrogen (secondary N) is 2. The molecule has 1 amide bonds. The zero-order valence-electron chi connectivity index (χ0n) is 9.06. The normalized spacial score (nSPS) is 21.9. The smallest absolute Gasteiger partial charge is 0.288 e. The molecule has 0 aliphatic carbocycles. The van der Waals surface area contributed by atoms with Gasteiger partial charge in [-0.05, 0) is 19.8 Å². The molecule has 1 aliphatic heterocycles. The molecular weight excluding hydrogens is 210 g/mol. The fourth-order valence-electron chi connectivity index (χ4n) is 1.74. The van der Waals surface area contributed by atoms with Crippen LogP contribution in [0.5, 0.6) is 0 Å². The third kappa shape index (κ3) is 2.30. The minimum absolute atomic E-state index is 0.0404. The maximum atomic E-state index is 11.7. The standard InChI is InChI=1S/C9H15N5O2/c1-5(6-3-2-4-16-6)11-8(15)7-12-9(10)14-13-7/h5-6H,2-4H2,1H3,(H,11,15)(H3,10,12,13,14). The van der Waals surface area contributed by atoms with Gasteiger partial charge >= 0.3 is 0 Å². The Bertz CT molecular complexity index is 372. The van der Waals surface area contributed by atoms with E-state index in [-0.39, 0.29) is 29.8 Å². The highest BCUT2D eigenvalue weighted by atomic mass is 16.5. The Morgan fingerprint density at radius 2 is 2.56 bits per heavy atom. The number of nitrogens with zero attached hydrogens (tertiary/aromatic N) is 2. The molecule has 0 spiro atoms. The Balaban J connectivity index is 1.91. The first kappa shape index (κ1) is 10.9. The minimum Gasteiger partial charge on any atom is -0.376 e. The van der Waals surface area contributed by atoms with Gasteiger partial charge in [-0.25, -0.2) is 0 Å². The van der Waals surface area contributed by atoms with E-state index in [0.717, 1.165) is 19.4 Å². The average Bonchev–Trinajstić information content (AvgIpc) is 2.87. The van der Waals surface area contributed by atoms with Crippen molar-refractivity contribution in [1.82, 2.24) is 20.5 Å². The Hall–Kier alpha value is -1.63. The van der Waals surface area contributed by atoms with Crippen molar-refractivity contribution in [2.45, 2.75) is 31.9 Å². The van der Waals surface area contributed by atoms with Crippen LogP contribution in [0.3, 0.4) is 0 Å². The van der Waals surface area contributed by atoms with Crippen molar-refractivity contribution in [3.63, 3.8) is 0 Å². The van der Waals surface area contributed by atoms with E-state index in [1.54, 1.807) is 0 Å². The number of hydrogen-bond donors (Lipinski definition) is 3. The van der Waals surface area contributed by atoms with E-state index in [0.29, 0.717) is 0 Å². The zero-order chi connectivity index (χ0) is 11.5. The fourth-order valence-corrected chi connectivity index (χ4v) is 1.74. The van der Waals surface area contributed by atoms with Gasteiger partial charge < -0.3 is 15.8 Å². The predicted octanol–water partition coefficient (Wildman–Crippen LogP) is -0.316. The van der Waals surface area contributed by atoms with Crippen LogP contribution >= 0.6 is 0 Å². The maximum Gasteiger partial charge on any atom is 0.288 e. The van der Waals surface area contributed by atoms with Gasteiger partial charge in [-0.1, -0.05) is 0 Å². The number of hydrogen-bond acceptors (Lipinski definition) is 5. The summed E-state index contributed by atoms with van der Waals surface area (Å²) in [5, 5.41) is 8.85. The molecule has 2 atom stereocenters. The SMILES string of the molecule is CC(NC(=O)c1nc(N)n[nH]1)C1CCCO1. The van der Waals surface area contributed by atoms with Gasteiger partial charge in [0.2, 0.25) is 11.8 Å². The quantitative estimate of drug-likeness (QED) is 0.654. The molecule has 0 bridgehead atoms. The van der Waals surface area contributed by atoms with E-state index in [4.69, 9.17) is 10.5 Å². The van der Waals surface area contributed by atoms with Crippen molar-refractivity contribution in [2.24, 2.45) is 0 Å². The number of nitrogens with two attached hydrogens (primary N) is 1. The van der Waals surface area contributed by atoms with Crippen molar-refractivity contribution in [3.05, 3.63) is 5.82 Å². The van der Waals surface area contributed by atoms with E-state index in [1.165, 1.54) is 0 Å². The predicted molar refractivity (Wildman–Crippen MR) is 56.7 cm³/mol. The van der Waals surface area contributed by atoms with Crippen LogP contribution < -0.4 is 11.1 Å². The summed E-state index contributed by atoms with van der Waals surface area (Å²) in [7, 11) is 0. The first-order valence-corrected chi connectivity index (χ1v) is 5.27. The second-order valence-electron chi connectivity index (χ2n) is 3.86. The number of carbonyl (C=O) groups is 1. The molecule has 16 heavy (non-hydrogen) atoms. The monoisotopic (exact) mass is 225 g/mol. The first-order valence-electron chi connectivity index (χ1n) is 5.27. The summed E-state index contributed by atoms with van der Waals surface area (Å²) in [6.45, 7) is 2.67. The summed E-state index contributed by atoms with van der Waals surface area (Å²) in [5.74, 6) is -0.121. The van der Waals surface area contributed by atoms with Gasteiger partial charge in [0.1, 0.15) is 0 Å². The summed E-state index contributed by atoms with van der Waals surface area (Å²) < 4.78 is 5.47. The molecule has 1 aromatic heterocycles. The van der Waals surface area contributed by atoms with Gasteiger partial charge in [-0.2, -0.15) is 4.98 Å². The lowest BCUT2D eigenvalue weighted by Gasteiger charge is -2.19. The third-order valence-corrected chi connectivity index (χ3v) is 2.60. The number of nitrogen functional groups attached to an aromatic ring is 1. The molecule has 1 fully saturated rings. The number of aromatic nitrogens is 3. The molecule has 0 radical (unpaired) electrons. The van der Waals surface area contributed by atoms with Crippen molar-refractivity contribution in [1.29, 1.82) is 0 Å². The number of aromatic amines is 1.